The number of rotatable bonds is 6. The highest BCUT2D eigenvalue weighted by Gasteiger charge is 2.16. The van der Waals surface area contributed by atoms with Gasteiger partial charge in [0, 0.05) is 18.2 Å². The second-order valence-electron chi connectivity index (χ2n) is 5.87. The van der Waals surface area contributed by atoms with Crippen molar-refractivity contribution in [3.63, 3.8) is 0 Å². The van der Waals surface area contributed by atoms with Crippen molar-refractivity contribution in [2.24, 2.45) is 0 Å². The van der Waals surface area contributed by atoms with Crippen LogP contribution < -0.4 is 10.6 Å². The second kappa shape index (κ2) is 8.60. The Morgan fingerprint density at radius 2 is 2.04 bits per heavy atom. The Labute approximate surface area is 153 Å². The molecule has 2 N–H and O–H groups in total. The van der Waals surface area contributed by atoms with Crippen LogP contribution in [-0.2, 0) is 23.5 Å². The van der Waals surface area contributed by atoms with E-state index in [1.165, 1.54) is 11.1 Å². The molecule has 1 unspecified atom stereocenters. The molecule has 130 valence electrons. The highest BCUT2D eigenvalue weighted by atomic mass is 35.5. The van der Waals surface area contributed by atoms with Crippen LogP contribution in [0.3, 0.4) is 0 Å². The lowest BCUT2D eigenvalue weighted by Gasteiger charge is -2.20. The van der Waals surface area contributed by atoms with Crippen LogP contribution in [0.5, 0.6) is 0 Å². The van der Waals surface area contributed by atoms with E-state index in [9.17, 15) is 4.79 Å². The molecule has 24 heavy (non-hydrogen) atoms. The van der Waals surface area contributed by atoms with E-state index in [1.54, 1.807) is 11.8 Å². The molecule has 6 heteroatoms. The van der Waals surface area contributed by atoms with Gasteiger partial charge in [-0.05, 0) is 48.9 Å². The van der Waals surface area contributed by atoms with Crippen LogP contribution in [0.25, 0.3) is 0 Å². The minimum atomic E-state index is 0. The van der Waals surface area contributed by atoms with E-state index >= 15 is 0 Å². The highest BCUT2D eigenvalue weighted by Crippen LogP contribution is 2.26. The van der Waals surface area contributed by atoms with E-state index in [2.05, 4.69) is 35.9 Å². The first-order chi connectivity index (χ1) is 11.2. The summed E-state index contributed by atoms with van der Waals surface area (Å²) in [4.78, 5) is 11.4. The number of furan rings is 1. The van der Waals surface area contributed by atoms with Gasteiger partial charge in [-0.2, -0.15) is 11.8 Å². The number of thioether (sulfide) groups is 1. The van der Waals surface area contributed by atoms with Crippen molar-refractivity contribution in [2.75, 3.05) is 11.6 Å². The molecule has 1 aliphatic heterocycles. The lowest BCUT2D eigenvalue weighted by Crippen LogP contribution is -2.21. The summed E-state index contributed by atoms with van der Waals surface area (Å²) in [5, 5.41) is 6.42. The van der Waals surface area contributed by atoms with Crippen molar-refractivity contribution in [1.29, 1.82) is 0 Å². The van der Waals surface area contributed by atoms with E-state index in [4.69, 9.17) is 4.42 Å². The number of anilines is 1. The number of carbonyl (C=O) groups is 1. The number of nitrogens with one attached hydrogen (secondary N) is 2. The van der Waals surface area contributed by atoms with Gasteiger partial charge in [0.2, 0.25) is 5.91 Å². The van der Waals surface area contributed by atoms with Gasteiger partial charge in [-0.3, -0.25) is 4.79 Å². The first-order valence-electron chi connectivity index (χ1n) is 7.88. The Bertz CT molecular complexity index is 702. The van der Waals surface area contributed by atoms with E-state index in [0.29, 0.717) is 13.0 Å². The monoisotopic (exact) mass is 366 g/mol. The van der Waals surface area contributed by atoms with Crippen LogP contribution in [0.1, 0.15) is 42.0 Å². The normalized spacial score (nSPS) is 14.5. The number of carbonyl (C=O) groups excluding carboxylic acids is 1. The molecule has 3 rings (SSSR count). The predicted octanol–water partition coefficient (Wildman–Crippen LogP) is 4.30. The summed E-state index contributed by atoms with van der Waals surface area (Å²) >= 11 is 1.76. The molecular formula is C18H23ClN2O2S. The number of fused-ring (bicyclic) bond motifs is 1. The van der Waals surface area contributed by atoms with Crippen molar-refractivity contribution >= 4 is 35.8 Å². The number of halogens is 1. The predicted molar refractivity (Wildman–Crippen MR) is 102 cm³/mol. The number of benzene rings is 1. The molecule has 1 amide bonds. The van der Waals surface area contributed by atoms with Gasteiger partial charge in [-0.1, -0.05) is 12.1 Å². The molecule has 0 spiro atoms. The summed E-state index contributed by atoms with van der Waals surface area (Å²) < 4.78 is 5.78. The number of aryl methyl sites for hydroxylation is 1. The van der Waals surface area contributed by atoms with Crippen LogP contribution >= 0.6 is 24.2 Å². The third-order valence-corrected chi connectivity index (χ3v) is 4.68. The van der Waals surface area contributed by atoms with Crippen molar-refractivity contribution in [1.82, 2.24) is 5.32 Å². The molecule has 1 aromatic heterocycles. The van der Waals surface area contributed by atoms with Crippen LogP contribution in [0.4, 0.5) is 5.69 Å². The van der Waals surface area contributed by atoms with Crippen LogP contribution in [0.15, 0.2) is 34.7 Å². The average molecular weight is 367 g/mol. The first kappa shape index (κ1) is 18.9. The van der Waals surface area contributed by atoms with Gasteiger partial charge < -0.3 is 15.1 Å². The lowest BCUT2D eigenvalue weighted by atomic mass is 9.98. The minimum absolute atomic E-state index is 0. The quantitative estimate of drug-likeness (QED) is 0.800. The van der Waals surface area contributed by atoms with Crippen LogP contribution in [0, 0.1) is 0 Å². The molecule has 4 nitrogen and oxygen atoms in total. The Hall–Kier alpha value is -1.43. The molecule has 0 aliphatic carbocycles. The van der Waals surface area contributed by atoms with Gasteiger partial charge in [-0.15, -0.1) is 12.4 Å². The fraction of sp³-hybridized carbons (Fsp3) is 0.389. The number of amides is 1. The zero-order chi connectivity index (χ0) is 16.2. The van der Waals surface area contributed by atoms with Gasteiger partial charge >= 0.3 is 0 Å². The summed E-state index contributed by atoms with van der Waals surface area (Å²) in [6.45, 7) is 2.86. The van der Waals surface area contributed by atoms with E-state index in [0.717, 1.165) is 29.4 Å². The zero-order valence-corrected chi connectivity index (χ0v) is 15.6. The zero-order valence-electron chi connectivity index (χ0n) is 13.9. The largest absolute Gasteiger partial charge is 0.464 e. The molecule has 0 saturated carbocycles. The second-order valence-corrected chi connectivity index (χ2v) is 6.73. The van der Waals surface area contributed by atoms with Gasteiger partial charge in [0.1, 0.15) is 11.5 Å². The Morgan fingerprint density at radius 1 is 1.25 bits per heavy atom. The molecular weight excluding hydrogens is 344 g/mol. The van der Waals surface area contributed by atoms with Crippen molar-refractivity contribution in [3.05, 3.63) is 53.0 Å². The third-order valence-electron chi connectivity index (χ3n) is 4.11. The molecule has 0 fully saturated rings. The first-order valence-corrected chi connectivity index (χ1v) is 9.27. The molecule has 0 saturated heterocycles. The molecule has 0 bridgehead atoms. The lowest BCUT2D eigenvalue weighted by molar-refractivity contribution is -0.116. The minimum Gasteiger partial charge on any atom is -0.464 e. The van der Waals surface area contributed by atoms with Gasteiger partial charge in [0.15, 0.2) is 0 Å². The van der Waals surface area contributed by atoms with Crippen LogP contribution in [0.2, 0.25) is 0 Å². The Balaban J connectivity index is 0.00000208. The van der Waals surface area contributed by atoms with Gasteiger partial charge in [-0.25, -0.2) is 0 Å². The summed E-state index contributed by atoms with van der Waals surface area (Å²) in [5.74, 6) is 3.00. The Morgan fingerprint density at radius 3 is 2.83 bits per heavy atom. The van der Waals surface area contributed by atoms with Crippen molar-refractivity contribution in [3.8, 4) is 0 Å². The standard InChI is InChI=1S/C18H22N2O2S.ClH/c1-12(19-10-15-5-6-16(22-15)11-23-2)13-3-7-17-14(9-13)4-8-18(21)20-17;/h3,5-7,9,12,19H,4,8,10-11H2,1-2H3,(H,20,21);1H. The summed E-state index contributed by atoms with van der Waals surface area (Å²) in [7, 11) is 0. The maximum atomic E-state index is 11.4. The summed E-state index contributed by atoms with van der Waals surface area (Å²) in [5.41, 5.74) is 3.40. The van der Waals surface area contributed by atoms with Gasteiger partial charge in [0.25, 0.3) is 0 Å². The highest BCUT2D eigenvalue weighted by molar-refractivity contribution is 7.97. The van der Waals surface area contributed by atoms with Crippen molar-refractivity contribution in [2.45, 2.75) is 38.1 Å². The van der Waals surface area contributed by atoms with Gasteiger partial charge in [0.05, 0.1) is 12.3 Å². The molecule has 2 heterocycles. The topological polar surface area (TPSA) is 54.3 Å². The maximum Gasteiger partial charge on any atom is 0.224 e. The average Bonchev–Trinajstić information content (AvgIpc) is 3.00. The van der Waals surface area contributed by atoms with E-state index < -0.39 is 0 Å². The number of hydrogen-bond donors (Lipinski definition) is 2. The smallest absolute Gasteiger partial charge is 0.224 e. The number of hydrogen-bond acceptors (Lipinski definition) is 4. The summed E-state index contributed by atoms with van der Waals surface area (Å²) in [6.07, 6.45) is 3.46. The SMILES string of the molecule is CSCc1ccc(CNC(C)c2ccc3c(c2)CCC(=O)N3)o1.Cl. The van der Waals surface area contributed by atoms with Crippen LogP contribution in [-0.4, -0.2) is 12.2 Å². The molecule has 1 aliphatic rings. The molecule has 1 atom stereocenters. The fourth-order valence-corrected chi connectivity index (χ4v) is 3.22. The molecule has 2 aromatic rings. The summed E-state index contributed by atoms with van der Waals surface area (Å²) in [6, 6.07) is 10.6. The van der Waals surface area contributed by atoms with E-state index in [-0.39, 0.29) is 24.4 Å². The Kier molecular flexibility index (Phi) is 6.78. The maximum absolute atomic E-state index is 11.4. The molecule has 1 aromatic carbocycles. The van der Waals surface area contributed by atoms with Crippen molar-refractivity contribution < 1.29 is 9.21 Å². The molecule has 0 radical (unpaired) electrons. The third kappa shape index (κ3) is 4.56. The fourth-order valence-electron chi connectivity index (χ4n) is 2.78. The van der Waals surface area contributed by atoms with E-state index in [1.807, 2.05) is 18.2 Å².